The lowest BCUT2D eigenvalue weighted by atomic mass is 10.1. The molecular formula is C20H26N3O3S+. The van der Waals surface area contributed by atoms with Crippen LogP contribution in [0.2, 0.25) is 0 Å². The number of hydrogen-bond donors (Lipinski definition) is 2. The number of amides is 1. The summed E-state index contributed by atoms with van der Waals surface area (Å²) >= 11 is 0. The summed E-state index contributed by atoms with van der Waals surface area (Å²) in [5.41, 5.74) is 2.46. The number of aryl methyl sites for hydroxylation is 1. The van der Waals surface area contributed by atoms with Crippen molar-refractivity contribution < 1.29 is 18.1 Å². The number of sulfonamides is 1. The Labute approximate surface area is 160 Å². The summed E-state index contributed by atoms with van der Waals surface area (Å²) in [5.74, 6) is 0.0364. The highest BCUT2D eigenvalue weighted by Crippen LogP contribution is 2.12. The molecule has 0 radical (unpaired) electrons. The van der Waals surface area contributed by atoms with Gasteiger partial charge in [0.05, 0.1) is 38.1 Å². The fourth-order valence-corrected chi connectivity index (χ4v) is 4.04. The minimum Gasteiger partial charge on any atom is -0.334 e. The normalized spacial score (nSPS) is 15.7. The summed E-state index contributed by atoms with van der Waals surface area (Å²) in [5, 5.41) is 0. The Morgan fingerprint density at radius 2 is 1.63 bits per heavy atom. The minimum absolute atomic E-state index is 0.0364. The minimum atomic E-state index is -3.55. The van der Waals surface area contributed by atoms with E-state index in [9.17, 15) is 13.2 Å². The van der Waals surface area contributed by atoms with Crippen LogP contribution in [0.1, 0.15) is 21.5 Å². The van der Waals surface area contributed by atoms with Crippen LogP contribution in [0.4, 0.5) is 0 Å². The lowest BCUT2D eigenvalue weighted by molar-refractivity contribution is -0.883. The SMILES string of the molecule is Cc1ccc(S(=O)(=O)NCc2ccc(C(=O)N3CC[NH+](C)CC3)cc2)cc1. The van der Waals surface area contributed by atoms with E-state index in [0.29, 0.717) is 5.56 Å². The number of nitrogens with one attached hydrogen (secondary N) is 2. The van der Waals surface area contributed by atoms with E-state index < -0.39 is 10.0 Å². The van der Waals surface area contributed by atoms with Gasteiger partial charge < -0.3 is 9.80 Å². The fourth-order valence-electron chi connectivity index (χ4n) is 3.02. The third kappa shape index (κ3) is 4.94. The van der Waals surface area contributed by atoms with E-state index in [0.717, 1.165) is 37.3 Å². The maximum Gasteiger partial charge on any atom is 0.254 e. The molecule has 0 aliphatic carbocycles. The highest BCUT2D eigenvalue weighted by molar-refractivity contribution is 7.89. The van der Waals surface area contributed by atoms with Crippen LogP contribution in [0.15, 0.2) is 53.4 Å². The summed E-state index contributed by atoms with van der Waals surface area (Å²) in [6, 6.07) is 13.9. The molecule has 1 heterocycles. The monoisotopic (exact) mass is 388 g/mol. The molecule has 1 aliphatic heterocycles. The number of carbonyl (C=O) groups excluding carboxylic acids is 1. The molecule has 7 heteroatoms. The average Bonchev–Trinajstić information content (AvgIpc) is 2.67. The third-order valence-electron chi connectivity index (χ3n) is 4.90. The van der Waals surface area contributed by atoms with Gasteiger partial charge in [0.15, 0.2) is 0 Å². The van der Waals surface area contributed by atoms with Crippen LogP contribution in [-0.4, -0.2) is 52.5 Å². The standard InChI is InChI=1S/C20H25N3O3S/c1-16-3-9-19(10-4-16)27(25,26)21-15-17-5-7-18(8-6-17)20(24)23-13-11-22(2)12-14-23/h3-10,21H,11-15H2,1-2H3/p+1. The van der Waals surface area contributed by atoms with Crippen molar-refractivity contribution in [3.05, 3.63) is 65.2 Å². The maximum absolute atomic E-state index is 12.6. The number of benzene rings is 2. The number of rotatable bonds is 5. The first-order valence-corrected chi connectivity index (χ1v) is 10.6. The van der Waals surface area contributed by atoms with Crippen molar-refractivity contribution in [3.8, 4) is 0 Å². The van der Waals surface area contributed by atoms with Crippen molar-refractivity contribution >= 4 is 15.9 Å². The second-order valence-corrected chi connectivity index (χ2v) is 8.85. The van der Waals surface area contributed by atoms with Crippen LogP contribution in [0.3, 0.4) is 0 Å². The Balaban J connectivity index is 1.60. The highest BCUT2D eigenvalue weighted by atomic mass is 32.2. The summed E-state index contributed by atoms with van der Waals surface area (Å²) in [6.45, 7) is 5.55. The number of likely N-dealkylation sites (N-methyl/N-ethyl adjacent to an activating group) is 1. The summed E-state index contributed by atoms with van der Waals surface area (Å²) in [6.07, 6.45) is 0. The van der Waals surface area contributed by atoms with Gasteiger partial charge in [0, 0.05) is 12.1 Å². The first-order valence-electron chi connectivity index (χ1n) is 9.11. The van der Waals surface area contributed by atoms with E-state index in [1.54, 1.807) is 48.5 Å². The molecule has 2 N–H and O–H groups in total. The number of quaternary nitrogens is 1. The second kappa shape index (κ2) is 8.21. The van der Waals surface area contributed by atoms with E-state index in [-0.39, 0.29) is 17.3 Å². The number of piperazine rings is 1. The summed E-state index contributed by atoms with van der Waals surface area (Å²) in [4.78, 5) is 16.1. The molecular weight excluding hydrogens is 362 g/mol. The van der Waals surface area contributed by atoms with Crippen molar-refractivity contribution in [3.63, 3.8) is 0 Å². The molecule has 0 saturated carbocycles. The molecule has 144 valence electrons. The first-order chi connectivity index (χ1) is 12.8. The van der Waals surface area contributed by atoms with Crippen molar-refractivity contribution in [2.45, 2.75) is 18.4 Å². The van der Waals surface area contributed by atoms with Gasteiger partial charge in [0.1, 0.15) is 0 Å². The van der Waals surface area contributed by atoms with Gasteiger partial charge in [-0.1, -0.05) is 29.8 Å². The topological polar surface area (TPSA) is 70.9 Å². The molecule has 6 nitrogen and oxygen atoms in total. The largest absolute Gasteiger partial charge is 0.334 e. The summed E-state index contributed by atoms with van der Waals surface area (Å²) in [7, 11) is -1.42. The van der Waals surface area contributed by atoms with Crippen molar-refractivity contribution in [1.82, 2.24) is 9.62 Å². The van der Waals surface area contributed by atoms with Crippen molar-refractivity contribution in [2.75, 3.05) is 33.2 Å². The molecule has 1 amide bonds. The first kappa shape index (κ1) is 19.5. The number of carbonyl (C=O) groups is 1. The maximum atomic E-state index is 12.6. The smallest absolute Gasteiger partial charge is 0.254 e. The predicted molar refractivity (Wildman–Crippen MR) is 104 cm³/mol. The molecule has 0 atom stereocenters. The molecule has 0 aromatic heterocycles. The molecule has 27 heavy (non-hydrogen) atoms. The van der Waals surface area contributed by atoms with Gasteiger partial charge in [-0.2, -0.15) is 0 Å². The molecule has 0 bridgehead atoms. The van der Waals surface area contributed by atoms with Gasteiger partial charge in [-0.15, -0.1) is 0 Å². The Hall–Kier alpha value is -2.22. The molecule has 3 rings (SSSR count). The van der Waals surface area contributed by atoms with Crippen molar-refractivity contribution in [1.29, 1.82) is 0 Å². The number of hydrogen-bond acceptors (Lipinski definition) is 3. The second-order valence-electron chi connectivity index (χ2n) is 7.08. The highest BCUT2D eigenvalue weighted by Gasteiger charge is 2.22. The lowest BCUT2D eigenvalue weighted by Gasteiger charge is -2.30. The van der Waals surface area contributed by atoms with E-state index >= 15 is 0 Å². The van der Waals surface area contributed by atoms with Gasteiger partial charge >= 0.3 is 0 Å². The third-order valence-corrected chi connectivity index (χ3v) is 6.32. The van der Waals surface area contributed by atoms with Gasteiger partial charge in [-0.25, -0.2) is 13.1 Å². The zero-order valence-electron chi connectivity index (χ0n) is 15.7. The van der Waals surface area contributed by atoms with Gasteiger partial charge in [0.2, 0.25) is 10.0 Å². The van der Waals surface area contributed by atoms with Gasteiger partial charge in [-0.05, 0) is 36.8 Å². The van der Waals surface area contributed by atoms with Crippen LogP contribution < -0.4 is 9.62 Å². The Bertz CT molecular complexity index is 885. The number of nitrogens with zero attached hydrogens (tertiary/aromatic N) is 1. The average molecular weight is 389 g/mol. The fraction of sp³-hybridized carbons (Fsp3) is 0.350. The van der Waals surface area contributed by atoms with Crippen LogP contribution >= 0.6 is 0 Å². The Morgan fingerprint density at radius 3 is 2.22 bits per heavy atom. The molecule has 1 aliphatic rings. The van der Waals surface area contributed by atoms with Crippen LogP contribution in [-0.2, 0) is 16.6 Å². The molecule has 2 aromatic rings. The van der Waals surface area contributed by atoms with E-state index in [1.165, 1.54) is 4.90 Å². The van der Waals surface area contributed by atoms with E-state index in [4.69, 9.17) is 0 Å². The molecule has 2 aromatic carbocycles. The van der Waals surface area contributed by atoms with Crippen LogP contribution in [0.25, 0.3) is 0 Å². The zero-order valence-corrected chi connectivity index (χ0v) is 16.6. The molecule has 1 saturated heterocycles. The Morgan fingerprint density at radius 1 is 1.04 bits per heavy atom. The van der Waals surface area contributed by atoms with Gasteiger partial charge in [-0.3, -0.25) is 4.79 Å². The molecule has 0 spiro atoms. The van der Waals surface area contributed by atoms with Crippen LogP contribution in [0, 0.1) is 6.92 Å². The lowest BCUT2D eigenvalue weighted by Crippen LogP contribution is -3.12. The van der Waals surface area contributed by atoms with Crippen LogP contribution in [0.5, 0.6) is 0 Å². The van der Waals surface area contributed by atoms with Crippen molar-refractivity contribution in [2.24, 2.45) is 0 Å². The van der Waals surface area contributed by atoms with E-state index in [1.807, 2.05) is 11.8 Å². The summed E-state index contributed by atoms with van der Waals surface area (Å²) < 4.78 is 27.3. The Kier molecular flexibility index (Phi) is 5.94. The predicted octanol–water partition coefficient (Wildman–Crippen LogP) is 0.444. The molecule has 0 unspecified atom stereocenters. The van der Waals surface area contributed by atoms with E-state index in [2.05, 4.69) is 11.8 Å². The zero-order chi connectivity index (χ0) is 19.4. The molecule has 1 fully saturated rings. The quantitative estimate of drug-likeness (QED) is 0.781. The van der Waals surface area contributed by atoms with Gasteiger partial charge in [0.25, 0.3) is 5.91 Å².